The molecule has 5 heteroatoms. The normalized spacial score (nSPS) is 12.0. The van der Waals surface area contributed by atoms with Crippen LogP contribution in [0.2, 0.25) is 0 Å². The molecule has 0 aromatic heterocycles. The lowest BCUT2D eigenvalue weighted by molar-refractivity contribution is -1.15. The van der Waals surface area contributed by atoms with Crippen LogP contribution in [0.3, 0.4) is 0 Å². The van der Waals surface area contributed by atoms with Crippen LogP contribution in [-0.2, 0) is 0 Å². The van der Waals surface area contributed by atoms with Crippen LogP contribution >= 0.6 is 0 Å². The summed E-state index contributed by atoms with van der Waals surface area (Å²) in [6.07, 6.45) is 0. The van der Waals surface area contributed by atoms with Gasteiger partial charge < -0.3 is 0 Å². The van der Waals surface area contributed by atoms with Crippen LogP contribution in [-0.4, -0.2) is 17.2 Å². The van der Waals surface area contributed by atoms with E-state index in [9.17, 15) is 0 Å². The van der Waals surface area contributed by atoms with E-state index in [0.29, 0.717) is 0 Å². The average molecular weight is 93.1 g/mol. The number of rotatable bonds is 1. The van der Waals surface area contributed by atoms with E-state index in [1.807, 2.05) is 0 Å². The van der Waals surface area contributed by atoms with Crippen molar-refractivity contribution in [1.82, 2.24) is 5.43 Å². The van der Waals surface area contributed by atoms with Gasteiger partial charge >= 0.3 is 0 Å². The van der Waals surface area contributed by atoms with Crippen LogP contribution in [0.4, 0.5) is 0 Å². The SMILES string of the molecule is CN[N+](N)(N)O. The van der Waals surface area contributed by atoms with E-state index in [0.717, 1.165) is 0 Å². The Morgan fingerprint density at radius 3 is 1.83 bits per heavy atom. The zero-order chi connectivity index (χ0) is 5.21. The van der Waals surface area contributed by atoms with Gasteiger partial charge in [0.05, 0.1) is 0 Å². The molecule has 0 aliphatic rings. The molecule has 0 spiro atoms. The Kier molecular flexibility index (Phi) is 1.45. The molecule has 0 radical (unpaired) electrons. The highest BCUT2D eigenvalue weighted by molar-refractivity contribution is 3.74. The second-order valence-corrected chi connectivity index (χ2v) is 0.962. The van der Waals surface area contributed by atoms with E-state index < -0.39 is 4.97 Å². The molecule has 0 heterocycles. The fourth-order valence-corrected chi connectivity index (χ4v) is 0. The average Bonchev–Trinajstić information content (AvgIpc) is 1.35. The quantitative estimate of drug-likeness (QED) is 0.173. The van der Waals surface area contributed by atoms with Crippen molar-refractivity contribution in [2.75, 3.05) is 7.05 Å². The van der Waals surface area contributed by atoms with Crippen molar-refractivity contribution in [3.8, 4) is 0 Å². The molecule has 0 aliphatic heterocycles. The molecule has 0 fully saturated rings. The fourth-order valence-electron chi connectivity index (χ4n) is 0. The minimum Gasteiger partial charge on any atom is -0.153 e. The molecule has 0 atom stereocenters. The number of nitrogens with two attached hydrogens (primary N) is 2. The standard InChI is InChI=1S/CH9N4O/c1-4-5(2,3)6/h4,6H,2-3H2,1H3/q+1. The molecule has 0 aromatic carbocycles. The summed E-state index contributed by atoms with van der Waals surface area (Å²) in [6, 6.07) is 0. The zero-order valence-corrected chi connectivity index (χ0v) is 3.55. The molecular formula is CH9N4O+. The van der Waals surface area contributed by atoms with Gasteiger partial charge in [-0.15, -0.1) is 11.7 Å². The molecule has 6 N–H and O–H groups in total. The summed E-state index contributed by atoms with van der Waals surface area (Å²) in [4.78, 5) is -1.18. The first-order valence-corrected chi connectivity index (χ1v) is 1.44. The van der Waals surface area contributed by atoms with Crippen LogP contribution < -0.4 is 17.1 Å². The Hall–Kier alpha value is -0.200. The van der Waals surface area contributed by atoms with Gasteiger partial charge in [0, 0.05) is 12.0 Å². The van der Waals surface area contributed by atoms with Crippen LogP contribution in [0.25, 0.3) is 0 Å². The number of hydrogen-bond donors (Lipinski definition) is 4. The summed E-state index contributed by atoms with van der Waals surface area (Å²) in [7, 11) is 1.43. The lowest BCUT2D eigenvalue weighted by atomic mass is 11.5. The Morgan fingerprint density at radius 1 is 1.67 bits per heavy atom. The van der Waals surface area contributed by atoms with Gasteiger partial charge in [-0.2, -0.15) is 5.21 Å². The van der Waals surface area contributed by atoms with Gasteiger partial charge in [-0.1, -0.05) is 5.43 Å². The Labute approximate surface area is 35.6 Å². The van der Waals surface area contributed by atoms with Gasteiger partial charge in [-0.05, 0) is 0 Å². The van der Waals surface area contributed by atoms with E-state index in [2.05, 4.69) is 5.43 Å². The highest BCUT2D eigenvalue weighted by Gasteiger charge is 2.04. The smallest absolute Gasteiger partial charge is 0.0410 e. The van der Waals surface area contributed by atoms with Crippen LogP contribution in [0.5, 0.6) is 0 Å². The molecule has 0 amide bonds. The third-order valence-corrected chi connectivity index (χ3v) is 0.358. The topological polar surface area (TPSA) is 84.3 Å². The van der Waals surface area contributed by atoms with Crippen molar-refractivity contribution in [1.29, 1.82) is 0 Å². The van der Waals surface area contributed by atoms with Gasteiger partial charge in [0.1, 0.15) is 0 Å². The van der Waals surface area contributed by atoms with E-state index in [-0.39, 0.29) is 0 Å². The third kappa shape index (κ3) is 3.80. The molecule has 0 saturated heterocycles. The Balaban J connectivity index is 3.17. The van der Waals surface area contributed by atoms with Gasteiger partial charge in [0.2, 0.25) is 0 Å². The summed E-state index contributed by atoms with van der Waals surface area (Å²) in [5, 5.41) is 8.21. The van der Waals surface area contributed by atoms with Gasteiger partial charge in [-0.25, -0.2) is 0 Å². The molecule has 38 valence electrons. The first-order chi connectivity index (χ1) is 2.56. The molecule has 0 aliphatic carbocycles. The molecule has 0 bridgehead atoms. The number of nitrogens with zero attached hydrogens (tertiary/aromatic N) is 1. The molecule has 5 nitrogen and oxygen atoms in total. The van der Waals surface area contributed by atoms with Gasteiger partial charge in [-0.3, -0.25) is 0 Å². The van der Waals surface area contributed by atoms with Gasteiger partial charge in [0.25, 0.3) is 0 Å². The van der Waals surface area contributed by atoms with Crippen molar-refractivity contribution in [3.05, 3.63) is 0 Å². The maximum absolute atomic E-state index is 8.21. The summed E-state index contributed by atoms with van der Waals surface area (Å²) in [5.74, 6) is 9.39. The predicted molar refractivity (Wildman–Crippen MR) is 19.5 cm³/mol. The molecule has 6 heavy (non-hydrogen) atoms. The summed E-state index contributed by atoms with van der Waals surface area (Å²) < 4.78 is 0. The second kappa shape index (κ2) is 1.50. The summed E-state index contributed by atoms with van der Waals surface area (Å²) in [6.45, 7) is 0. The first kappa shape index (κ1) is 5.80. The predicted octanol–water partition coefficient (Wildman–Crippen LogP) is -1.93. The lowest BCUT2D eigenvalue weighted by Gasteiger charge is -2.11. The van der Waals surface area contributed by atoms with Gasteiger partial charge in [0.15, 0.2) is 0 Å². The van der Waals surface area contributed by atoms with E-state index >= 15 is 0 Å². The Morgan fingerprint density at radius 2 is 1.83 bits per heavy atom. The molecule has 0 aromatic rings. The van der Waals surface area contributed by atoms with Crippen LogP contribution in [0, 0.1) is 0 Å². The van der Waals surface area contributed by atoms with Crippen molar-refractivity contribution < 1.29 is 10.2 Å². The zero-order valence-electron chi connectivity index (χ0n) is 3.55. The maximum Gasteiger partial charge on any atom is 0.0410 e. The fraction of sp³-hybridized carbons (Fsp3) is 1.00. The largest absolute Gasteiger partial charge is 0.153 e. The van der Waals surface area contributed by atoms with Crippen molar-refractivity contribution in [2.24, 2.45) is 11.7 Å². The Bertz CT molecular complexity index is 37.3. The third-order valence-electron chi connectivity index (χ3n) is 0.358. The summed E-state index contributed by atoms with van der Waals surface area (Å²) in [5.41, 5.74) is 2.15. The minimum atomic E-state index is -1.18. The second-order valence-electron chi connectivity index (χ2n) is 0.962. The highest BCUT2D eigenvalue weighted by atomic mass is 16.7. The van der Waals surface area contributed by atoms with Crippen LogP contribution in [0.15, 0.2) is 0 Å². The minimum absolute atomic E-state index is 1.18. The van der Waals surface area contributed by atoms with E-state index in [4.69, 9.17) is 16.9 Å². The lowest BCUT2D eigenvalue weighted by Crippen LogP contribution is -2.65. The molecule has 0 rings (SSSR count). The van der Waals surface area contributed by atoms with E-state index in [1.54, 1.807) is 0 Å². The summed E-state index contributed by atoms with van der Waals surface area (Å²) >= 11 is 0. The number of hydrogen-bond acceptors (Lipinski definition) is 4. The van der Waals surface area contributed by atoms with Crippen molar-refractivity contribution >= 4 is 0 Å². The number of quaternary nitrogens is 1. The van der Waals surface area contributed by atoms with Crippen molar-refractivity contribution in [2.45, 2.75) is 0 Å². The van der Waals surface area contributed by atoms with Crippen LogP contribution in [0.1, 0.15) is 0 Å². The molecule has 0 unspecified atom stereocenters. The van der Waals surface area contributed by atoms with Crippen molar-refractivity contribution in [3.63, 3.8) is 0 Å². The number of nitrogens with one attached hydrogen (secondary N) is 1. The molecular weight excluding hydrogens is 84.0 g/mol. The molecule has 0 saturated carbocycles. The van der Waals surface area contributed by atoms with E-state index in [1.165, 1.54) is 7.05 Å². The monoisotopic (exact) mass is 93.1 g/mol. The first-order valence-electron chi connectivity index (χ1n) is 1.44. The maximum atomic E-state index is 8.21. The highest BCUT2D eigenvalue weighted by Crippen LogP contribution is 1.56.